The number of ether oxygens (including phenoxy) is 2. The maximum atomic E-state index is 13.6. The average Bonchev–Trinajstić information content (AvgIpc) is 3.24. The first kappa shape index (κ1) is 25.9. The molecule has 0 saturated heterocycles. The quantitative estimate of drug-likeness (QED) is 0.395. The molecular formula is C26H29N3O5S. The van der Waals surface area contributed by atoms with E-state index < -0.39 is 5.97 Å². The normalized spacial score (nSPS) is 10.5. The number of hydrogen-bond acceptors (Lipinski definition) is 7. The number of aromatic nitrogens is 1. The number of rotatable bonds is 10. The summed E-state index contributed by atoms with van der Waals surface area (Å²) < 4.78 is 10.7. The molecule has 3 aromatic rings. The SMILES string of the molecule is CCOC(=O)c1nc(N(CCc2ccccc2)C(=O)c2cccc(OCC(=O)N(C)C)c2)sc1C. The topological polar surface area (TPSA) is 89.0 Å². The molecule has 0 atom stereocenters. The first-order valence-electron chi connectivity index (χ1n) is 11.2. The lowest BCUT2D eigenvalue weighted by atomic mass is 10.1. The molecule has 0 N–H and O–H groups in total. The van der Waals surface area contributed by atoms with Crippen LogP contribution in [0.4, 0.5) is 5.13 Å². The number of anilines is 1. The van der Waals surface area contributed by atoms with Crippen LogP contribution in [0.3, 0.4) is 0 Å². The summed E-state index contributed by atoms with van der Waals surface area (Å²) in [4.78, 5) is 45.9. The number of hydrogen-bond donors (Lipinski definition) is 0. The maximum Gasteiger partial charge on any atom is 0.358 e. The molecule has 0 aliphatic heterocycles. The molecule has 9 heteroatoms. The van der Waals surface area contributed by atoms with Gasteiger partial charge in [-0.05, 0) is 44.0 Å². The molecule has 3 rings (SSSR count). The summed E-state index contributed by atoms with van der Waals surface area (Å²) in [5, 5.41) is 0.417. The molecule has 0 bridgehead atoms. The van der Waals surface area contributed by atoms with Gasteiger partial charge in [0.1, 0.15) is 5.75 Å². The molecular weight excluding hydrogens is 466 g/mol. The monoisotopic (exact) mass is 495 g/mol. The molecule has 35 heavy (non-hydrogen) atoms. The van der Waals surface area contributed by atoms with Crippen molar-refractivity contribution in [3.05, 3.63) is 76.3 Å². The Morgan fingerprint density at radius 1 is 1.03 bits per heavy atom. The van der Waals surface area contributed by atoms with Gasteiger partial charge >= 0.3 is 5.97 Å². The first-order chi connectivity index (χ1) is 16.8. The molecule has 8 nitrogen and oxygen atoms in total. The molecule has 0 fully saturated rings. The van der Waals surface area contributed by atoms with E-state index in [9.17, 15) is 14.4 Å². The third-order valence-corrected chi connectivity index (χ3v) is 6.13. The lowest BCUT2D eigenvalue weighted by Gasteiger charge is -2.20. The molecule has 0 aliphatic carbocycles. The molecule has 1 heterocycles. The van der Waals surface area contributed by atoms with Crippen molar-refractivity contribution in [1.29, 1.82) is 0 Å². The van der Waals surface area contributed by atoms with Crippen LogP contribution in [0.25, 0.3) is 0 Å². The second kappa shape index (κ2) is 12.1. The van der Waals surface area contributed by atoms with E-state index in [1.807, 2.05) is 30.3 Å². The van der Waals surface area contributed by atoms with Crippen molar-refractivity contribution in [1.82, 2.24) is 9.88 Å². The molecule has 0 spiro atoms. The van der Waals surface area contributed by atoms with Gasteiger partial charge in [-0.25, -0.2) is 9.78 Å². The van der Waals surface area contributed by atoms with Crippen molar-refractivity contribution in [2.24, 2.45) is 0 Å². The van der Waals surface area contributed by atoms with E-state index in [1.165, 1.54) is 16.2 Å². The van der Waals surface area contributed by atoms with Crippen molar-refractivity contribution in [3.63, 3.8) is 0 Å². The number of amides is 2. The van der Waals surface area contributed by atoms with Gasteiger partial charge in [-0.3, -0.25) is 14.5 Å². The minimum absolute atomic E-state index is 0.128. The Bertz CT molecular complexity index is 1180. The van der Waals surface area contributed by atoms with Crippen LogP contribution in [0.15, 0.2) is 54.6 Å². The summed E-state index contributed by atoms with van der Waals surface area (Å²) in [6.45, 7) is 3.99. The zero-order chi connectivity index (χ0) is 25.4. The Labute approximate surface area is 209 Å². The van der Waals surface area contributed by atoms with E-state index >= 15 is 0 Å². The Hall–Kier alpha value is -3.72. The molecule has 0 aliphatic rings. The minimum Gasteiger partial charge on any atom is -0.484 e. The van der Waals surface area contributed by atoms with E-state index in [1.54, 1.807) is 57.1 Å². The molecule has 1 aromatic heterocycles. The van der Waals surface area contributed by atoms with Crippen LogP contribution in [0.5, 0.6) is 5.75 Å². The van der Waals surface area contributed by atoms with Crippen molar-refractivity contribution in [2.75, 3.05) is 38.8 Å². The molecule has 0 radical (unpaired) electrons. The largest absolute Gasteiger partial charge is 0.484 e. The Morgan fingerprint density at radius 3 is 2.46 bits per heavy atom. The molecule has 2 aromatic carbocycles. The second-order valence-electron chi connectivity index (χ2n) is 7.92. The Balaban J connectivity index is 1.88. The van der Waals surface area contributed by atoms with Crippen molar-refractivity contribution in [2.45, 2.75) is 20.3 Å². The van der Waals surface area contributed by atoms with Crippen LogP contribution >= 0.6 is 11.3 Å². The van der Waals surface area contributed by atoms with E-state index in [4.69, 9.17) is 9.47 Å². The van der Waals surface area contributed by atoms with Crippen molar-refractivity contribution >= 4 is 34.3 Å². The highest BCUT2D eigenvalue weighted by Crippen LogP contribution is 2.28. The summed E-state index contributed by atoms with van der Waals surface area (Å²) in [6.07, 6.45) is 0.605. The van der Waals surface area contributed by atoms with Gasteiger partial charge in [0.25, 0.3) is 11.8 Å². The smallest absolute Gasteiger partial charge is 0.358 e. The van der Waals surface area contributed by atoms with Gasteiger partial charge < -0.3 is 14.4 Å². The predicted octanol–water partition coefficient (Wildman–Crippen LogP) is 3.98. The molecule has 184 valence electrons. The molecule has 0 unspecified atom stereocenters. The standard InChI is InChI=1S/C26H29N3O5S/c1-5-33-25(32)23-18(2)35-26(27-23)29(15-14-19-10-7-6-8-11-19)24(31)20-12-9-13-21(16-20)34-17-22(30)28(3)4/h6-13,16H,5,14-15,17H2,1-4H3. The summed E-state index contributed by atoms with van der Waals surface area (Å²) in [7, 11) is 3.30. The van der Waals surface area contributed by atoms with E-state index in [0.717, 1.165) is 5.56 Å². The van der Waals surface area contributed by atoms with Gasteiger partial charge in [-0.15, -0.1) is 11.3 Å². The number of carbonyl (C=O) groups excluding carboxylic acids is 3. The number of likely N-dealkylation sites (N-methyl/N-ethyl adjacent to an activating group) is 1. The van der Waals surface area contributed by atoms with Gasteiger partial charge in [-0.2, -0.15) is 0 Å². The maximum absolute atomic E-state index is 13.6. The van der Waals surface area contributed by atoms with Gasteiger partial charge in [-0.1, -0.05) is 36.4 Å². The van der Waals surface area contributed by atoms with Gasteiger partial charge in [0, 0.05) is 31.1 Å². The fourth-order valence-electron chi connectivity index (χ4n) is 3.21. The number of thiazole rings is 1. The second-order valence-corrected chi connectivity index (χ2v) is 9.10. The van der Waals surface area contributed by atoms with Crippen LogP contribution < -0.4 is 9.64 Å². The van der Waals surface area contributed by atoms with E-state index in [-0.39, 0.29) is 30.7 Å². The average molecular weight is 496 g/mol. The first-order valence-corrected chi connectivity index (χ1v) is 12.0. The van der Waals surface area contributed by atoms with E-state index in [0.29, 0.717) is 34.3 Å². The number of esters is 1. The summed E-state index contributed by atoms with van der Waals surface area (Å²) in [5.41, 5.74) is 1.67. The van der Waals surface area contributed by atoms with Crippen LogP contribution in [0.1, 0.15) is 38.2 Å². The minimum atomic E-state index is -0.510. The third-order valence-electron chi connectivity index (χ3n) is 5.14. The lowest BCUT2D eigenvalue weighted by Crippen LogP contribution is -2.33. The zero-order valence-corrected chi connectivity index (χ0v) is 21.1. The fourth-order valence-corrected chi connectivity index (χ4v) is 4.13. The van der Waals surface area contributed by atoms with Gasteiger partial charge in [0.05, 0.1) is 6.61 Å². The fraction of sp³-hybridized carbons (Fsp3) is 0.308. The number of nitrogens with zero attached hydrogens (tertiary/aromatic N) is 3. The summed E-state index contributed by atoms with van der Waals surface area (Å²) in [6, 6.07) is 16.5. The zero-order valence-electron chi connectivity index (χ0n) is 20.3. The third kappa shape index (κ3) is 6.89. The lowest BCUT2D eigenvalue weighted by molar-refractivity contribution is -0.130. The van der Waals surface area contributed by atoms with Crippen LogP contribution in [-0.2, 0) is 16.0 Å². The Morgan fingerprint density at radius 2 is 1.77 bits per heavy atom. The highest BCUT2D eigenvalue weighted by molar-refractivity contribution is 7.16. The van der Waals surface area contributed by atoms with Crippen LogP contribution in [0, 0.1) is 6.92 Å². The van der Waals surface area contributed by atoms with Gasteiger partial charge in [0.15, 0.2) is 17.4 Å². The molecule has 0 saturated carbocycles. The van der Waals surface area contributed by atoms with Crippen molar-refractivity contribution < 1.29 is 23.9 Å². The number of aryl methyl sites for hydroxylation is 1. The highest BCUT2D eigenvalue weighted by atomic mass is 32.1. The summed E-state index contributed by atoms with van der Waals surface area (Å²) in [5.74, 6) is -0.564. The van der Waals surface area contributed by atoms with E-state index in [2.05, 4.69) is 4.98 Å². The van der Waals surface area contributed by atoms with Crippen LogP contribution in [0.2, 0.25) is 0 Å². The van der Waals surface area contributed by atoms with Crippen molar-refractivity contribution in [3.8, 4) is 5.75 Å². The highest BCUT2D eigenvalue weighted by Gasteiger charge is 2.25. The number of carbonyl (C=O) groups is 3. The van der Waals surface area contributed by atoms with Crippen LogP contribution in [-0.4, -0.2) is 61.5 Å². The summed E-state index contributed by atoms with van der Waals surface area (Å²) >= 11 is 1.27. The van der Waals surface area contributed by atoms with Gasteiger partial charge in [0.2, 0.25) is 0 Å². The Kier molecular flexibility index (Phi) is 8.97. The molecule has 2 amide bonds. The predicted molar refractivity (Wildman–Crippen MR) is 135 cm³/mol. The number of benzene rings is 2.